The van der Waals surface area contributed by atoms with Gasteiger partial charge in [0.15, 0.2) is 5.96 Å². The molecule has 0 bridgehead atoms. The van der Waals surface area contributed by atoms with E-state index >= 15 is 0 Å². The molecule has 28 heavy (non-hydrogen) atoms. The van der Waals surface area contributed by atoms with Gasteiger partial charge in [-0.2, -0.15) is 0 Å². The number of ether oxygens (including phenoxy) is 2. The molecular formula is C20H34N4O3S. The van der Waals surface area contributed by atoms with Gasteiger partial charge in [0, 0.05) is 19.7 Å². The summed E-state index contributed by atoms with van der Waals surface area (Å²) in [5.74, 6) is 0.445. The lowest BCUT2D eigenvalue weighted by Crippen LogP contribution is -2.38. The number of nitrogens with one attached hydrogen (secondary N) is 2. The summed E-state index contributed by atoms with van der Waals surface area (Å²) in [5.41, 5.74) is 0.707. The van der Waals surface area contributed by atoms with Gasteiger partial charge in [0.25, 0.3) is 0 Å². The van der Waals surface area contributed by atoms with Gasteiger partial charge < -0.3 is 20.1 Å². The Morgan fingerprint density at radius 3 is 2.79 bits per heavy atom. The molecule has 0 spiro atoms. The van der Waals surface area contributed by atoms with Gasteiger partial charge in [-0.3, -0.25) is 4.99 Å². The molecule has 158 valence electrons. The van der Waals surface area contributed by atoms with E-state index in [0.29, 0.717) is 29.8 Å². The zero-order chi connectivity index (χ0) is 20.4. The first kappa shape index (κ1) is 22.6. The minimum atomic E-state index is -0.307. The van der Waals surface area contributed by atoms with Gasteiger partial charge in [0.1, 0.15) is 9.88 Å². The van der Waals surface area contributed by atoms with Crippen LogP contribution < -0.4 is 10.6 Å². The number of carbonyl (C=O) groups excluding carboxylic acids is 1. The first-order valence-corrected chi connectivity index (χ1v) is 11.2. The first-order chi connectivity index (χ1) is 13.5. The summed E-state index contributed by atoms with van der Waals surface area (Å²) in [7, 11) is 0. The molecule has 1 atom stereocenters. The van der Waals surface area contributed by atoms with E-state index in [2.05, 4.69) is 20.6 Å². The molecule has 1 aliphatic rings. The molecule has 0 aromatic carbocycles. The summed E-state index contributed by atoms with van der Waals surface area (Å²) in [6, 6.07) is -0.0561. The van der Waals surface area contributed by atoms with Gasteiger partial charge in [0.05, 0.1) is 24.4 Å². The van der Waals surface area contributed by atoms with Crippen molar-refractivity contribution in [1.29, 1.82) is 0 Å². The van der Waals surface area contributed by atoms with Crippen molar-refractivity contribution >= 4 is 23.3 Å². The van der Waals surface area contributed by atoms with Crippen LogP contribution in [0.3, 0.4) is 0 Å². The summed E-state index contributed by atoms with van der Waals surface area (Å²) in [4.78, 5) is 21.7. The fraction of sp³-hybridized carbons (Fsp3) is 0.750. The Morgan fingerprint density at radius 1 is 1.36 bits per heavy atom. The highest BCUT2D eigenvalue weighted by Crippen LogP contribution is 2.24. The lowest BCUT2D eigenvalue weighted by atomic mass is 10.3. The van der Waals surface area contributed by atoms with E-state index in [1.807, 2.05) is 20.8 Å². The van der Waals surface area contributed by atoms with E-state index in [9.17, 15) is 4.79 Å². The molecule has 2 N–H and O–H groups in total. The Hall–Kier alpha value is -1.67. The van der Waals surface area contributed by atoms with Gasteiger partial charge in [-0.15, -0.1) is 11.3 Å². The second-order valence-electron chi connectivity index (χ2n) is 6.94. The van der Waals surface area contributed by atoms with Gasteiger partial charge >= 0.3 is 5.97 Å². The number of nitrogens with zero attached hydrogens (tertiary/aromatic N) is 2. The largest absolute Gasteiger partial charge is 0.462 e. The average Bonchev–Trinajstić information content (AvgIpc) is 3.31. The third kappa shape index (κ3) is 7.05. The number of thiazole rings is 1. The maximum atomic E-state index is 12.0. The molecule has 1 saturated carbocycles. The summed E-state index contributed by atoms with van der Waals surface area (Å²) in [5, 5.41) is 7.48. The highest BCUT2D eigenvalue weighted by Gasteiger charge is 2.20. The SMILES string of the molecule is CCNC(=NCCCOC1CCCC1)NC(C)c1nc(C)c(C(=O)OCC)s1. The number of aliphatic imine (C=N–C) groups is 1. The Bertz CT molecular complexity index is 641. The first-order valence-electron chi connectivity index (χ1n) is 10.4. The van der Waals surface area contributed by atoms with Crippen molar-refractivity contribution in [2.45, 2.75) is 71.9 Å². The van der Waals surface area contributed by atoms with Crippen molar-refractivity contribution in [2.75, 3.05) is 26.3 Å². The number of guanidine groups is 1. The van der Waals surface area contributed by atoms with Crippen molar-refractivity contribution < 1.29 is 14.3 Å². The van der Waals surface area contributed by atoms with Crippen molar-refractivity contribution in [2.24, 2.45) is 4.99 Å². The summed E-state index contributed by atoms with van der Waals surface area (Å²) < 4.78 is 11.0. The highest BCUT2D eigenvalue weighted by atomic mass is 32.1. The topological polar surface area (TPSA) is 84.8 Å². The molecule has 0 aliphatic heterocycles. The van der Waals surface area contributed by atoms with Crippen LogP contribution in [0.5, 0.6) is 0 Å². The normalized spacial score (nSPS) is 16.2. The molecule has 0 saturated heterocycles. The Balaban J connectivity index is 1.85. The predicted molar refractivity (Wildman–Crippen MR) is 113 cm³/mol. The van der Waals surface area contributed by atoms with Crippen LogP contribution in [0.2, 0.25) is 0 Å². The summed E-state index contributed by atoms with van der Waals surface area (Å²) >= 11 is 1.37. The molecular weight excluding hydrogens is 376 g/mol. The van der Waals surface area contributed by atoms with Crippen molar-refractivity contribution in [1.82, 2.24) is 15.6 Å². The van der Waals surface area contributed by atoms with Crippen LogP contribution >= 0.6 is 11.3 Å². The number of carbonyl (C=O) groups is 1. The number of esters is 1. The van der Waals surface area contributed by atoms with Crippen LogP contribution in [0, 0.1) is 6.92 Å². The standard InChI is InChI=1S/C20H34N4O3S/c1-5-21-20(22-12-9-13-27-16-10-7-8-11-16)24-15(4)18-23-14(3)17(28-18)19(25)26-6-2/h15-16H,5-13H2,1-4H3,(H2,21,22,24). The summed E-state index contributed by atoms with van der Waals surface area (Å²) in [6.45, 7) is 10.3. The fourth-order valence-corrected chi connectivity index (χ4v) is 4.10. The molecule has 1 aliphatic carbocycles. The van der Waals surface area contributed by atoms with Gasteiger partial charge in [-0.25, -0.2) is 9.78 Å². The zero-order valence-corrected chi connectivity index (χ0v) is 18.4. The molecule has 1 fully saturated rings. The highest BCUT2D eigenvalue weighted by molar-refractivity contribution is 7.13. The molecule has 0 amide bonds. The fourth-order valence-electron chi connectivity index (χ4n) is 3.14. The minimum absolute atomic E-state index is 0.0561. The maximum absolute atomic E-state index is 12.0. The van der Waals surface area contributed by atoms with Crippen molar-refractivity contribution in [3.05, 3.63) is 15.6 Å². The number of aromatic nitrogens is 1. The van der Waals surface area contributed by atoms with E-state index in [0.717, 1.165) is 30.5 Å². The third-order valence-electron chi connectivity index (χ3n) is 4.57. The Morgan fingerprint density at radius 2 is 2.11 bits per heavy atom. The maximum Gasteiger partial charge on any atom is 0.350 e. The van der Waals surface area contributed by atoms with Crippen molar-refractivity contribution in [3.63, 3.8) is 0 Å². The molecule has 7 nitrogen and oxygen atoms in total. The molecule has 1 aromatic rings. The van der Waals surface area contributed by atoms with E-state index in [-0.39, 0.29) is 12.0 Å². The number of hydrogen-bond acceptors (Lipinski definition) is 6. The molecule has 2 rings (SSSR count). The molecule has 1 heterocycles. The number of rotatable bonds is 10. The molecule has 0 radical (unpaired) electrons. The van der Waals surface area contributed by atoms with E-state index in [1.54, 1.807) is 6.92 Å². The second kappa shape index (κ2) is 12.0. The van der Waals surface area contributed by atoms with Gasteiger partial charge in [-0.1, -0.05) is 12.8 Å². The average molecular weight is 411 g/mol. The molecule has 1 unspecified atom stereocenters. The molecule has 8 heteroatoms. The number of aryl methyl sites for hydroxylation is 1. The van der Waals surface area contributed by atoms with Crippen LogP contribution in [0.1, 0.15) is 79.3 Å². The van der Waals surface area contributed by atoms with E-state index in [4.69, 9.17) is 9.47 Å². The monoisotopic (exact) mass is 410 g/mol. The van der Waals surface area contributed by atoms with Crippen LogP contribution in [0.25, 0.3) is 0 Å². The van der Waals surface area contributed by atoms with Crippen LogP contribution in [-0.2, 0) is 9.47 Å². The second-order valence-corrected chi connectivity index (χ2v) is 7.98. The van der Waals surface area contributed by atoms with E-state index in [1.165, 1.54) is 37.0 Å². The Labute approximate surface area is 172 Å². The Kier molecular flexibility index (Phi) is 9.70. The summed E-state index contributed by atoms with van der Waals surface area (Å²) in [6.07, 6.45) is 6.35. The smallest absolute Gasteiger partial charge is 0.350 e. The van der Waals surface area contributed by atoms with Crippen LogP contribution in [-0.4, -0.2) is 49.3 Å². The number of hydrogen-bond donors (Lipinski definition) is 2. The van der Waals surface area contributed by atoms with Crippen LogP contribution in [0.4, 0.5) is 0 Å². The van der Waals surface area contributed by atoms with Gasteiger partial charge in [-0.05, 0) is 47.0 Å². The molecule has 1 aromatic heterocycles. The third-order valence-corrected chi connectivity index (χ3v) is 5.89. The minimum Gasteiger partial charge on any atom is -0.462 e. The van der Waals surface area contributed by atoms with E-state index < -0.39 is 0 Å². The zero-order valence-electron chi connectivity index (χ0n) is 17.5. The predicted octanol–water partition coefficient (Wildman–Crippen LogP) is 3.59. The lowest BCUT2D eigenvalue weighted by Gasteiger charge is -2.16. The lowest BCUT2D eigenvalue weighted by molar-refractivity contribution is 0.0530. The quantitative estimate of drug-likeness (QED) is 0.265. The van der Waals surface area contributed by atoms with Crippen molar-refractivity contribution in [3.8, 4) is 0 Å². The van der Waals surface area contributed by atoms with Gasteiger partial charge in [0.2, 0.25) is 0 Å². The van der Waals surface area contributed by atoms with Crippen LogP contribution in [0.15, 0.2) is 4.99 Å².